The SMILES string of the molecule is CCCCCc1cc(=O)oc2cc3c(cc12)OCO3. The Morgan fingerprint density at radius 1 is 1.11 bits per heavy atom. The van der Waals surface area contributed by atoms with Gasteiger partial charge in [0.2, 0.25) is 6.79 Å². The van der Waals surface area contributed by atoms with Gasteiger partial charge in [-0.1, -0.05) is 19.8 Å². The maximum atomic E-state index is 11.6. The van der Waals surface area contributed by atoms with Crippen LogP contribution in [0.5, 0.6) is 11.5 Å². The monoisotopic (exact) mass is 260 g/mol. The van der Waals surface area contributed by atoms with Crippen LogP contribution in [-0.2, 0) is 6.42 Å². The fourth-order valence-corrected chi connectivity index (χ4v) is 2.39. The Kier molecular flexibility index (Phi) is 3.15. The van der Waals surface area contributed by atoms with E-state index in [4.69, 9.17) is 13.9 Å². The molecule has 1 aromatic heterocycles. The van der Waals surface area contributed by atoms with Crippen molar-refractivity contribution in [1.29, 1.82) is 0 Å². The van der Waals surface area contributed by atoms with E-state index >= 15 is 0 Å². The van der Waals surface area contributed by atoms with Gasteiger partial charge in [-0.3, -0.25) is 0 Å². The molecule has 3 rings (SSSR count). The molecule has 0 N–H and O–H groups in total. The number of ether oxygens (including phenoxy) is 2. The average Bonchev–Trinajstić information content (AvgIpc) is 2.83. The van der Waals surface area contributed by atoms with E-state index in [1.807, 2.05) is 6.07 Å². The van der Waals surface area contributed by atoms with Crippen molar-refractivity contribution < 1.29 is 13.9 Å². The van der Waals surface area contributed by atoms with Crippen molar-refractivity contribution in [1.82, 2.24) is 0 Å². The predicted molar refractivity (Wildman–Crippen MR) is 71.8 cm³/mol. The summed E-state index contributed by atoms with van der Waals surface area (Å²) in [6.45, 7) is 2.39. The van der Waals surface area contributed by atoms with Crippen LogP contribution in [0.25, 0.3) is 11.0 Å². The molecule has 19 heavy (non-hydrogen) atoms. The number of hydrogen-bond donors (Lipinski definition) is 0. The topological polar surface area (TPSA) is 48.7 Å². The summed E-state index contributed by atoms with van der Waals surface area (Å²) in [4.78, 5) is 11.6. The molecule has 0 aliphatic carbocycles. The minimum Gasteiger partial charge on any atom is -0.454 e. The van der Waals surface area contributed by atoms with Crippen molar-refractivity contribution in [2.75, 3.05) is 6.79 Å². The first-order chi connectivity index (χ1) is 9.28. The highest BCUT2D eigenvalue weighted by Crippen LogP contribution is 2.36. The maximum absolute atomic E-state index is 11.6. The van der Waals surface area contributed by atoms with Crippen LogP contribution < -0.4 is 15.1 Å². The Bertz CT molecular complexity index is 657. The van der Waals surface area contributed by atoms with Gasteiger partial charge >= 0.3 is 5.63 Å². The highest BCUT2D eigenvalue weighted by atomic mass is 16.7. The maximum Gasteiger partial charge on any atom is 0.336 e. The number of hydrogen-bond acceptors (Lipinski definition) is 4. The first-order valence-corrected chi connectivity index (χ1v) is 6.64. The normalized spacial score (nSPS) is 13.1. The molecule has 100 valence electrons. The van der Waals surface area contributed by atoms with Gasteiger partial charge in [-0.25, -0.2) is 4.79 Å². The summed E-state index contributed by atoms with van der Waals surface area (Å²) in [7, 11) is 0. The Labute approximate surface area is 110 Å². The van der Waals surface area contributed by atoms with Crippen molar-refractivity contribution in [2.24, 2.45) is 0 Å². The molecule has 0 saturated carbocycles. The molecule has 0 radical (unpaired) electrons. The van der Waals surface area contributed by atoms with Crippen molar-refractivity contribution in [3.63, 3.8) is 0 Å². The van der Waals surface area contributed by atoms with Crippen LogP contribution in [-0.4, -0.2) is 6.79 Å². The van der Waals surface area contributed by atoms with Crippen LogP contribution in [0.2, 0.25) is 0 Å². The molecule has 0 saturated heterocycles. The van der Waals surface area contributed by atoms with Crippen LogP contribution in [0.15, 0.2) is 27.4 Å². The molecule has 0 bridgehead atoms. The molecule has 0 atom stereocenters. The lowest BCUT2D eigenvalue weighted by Crippen LogP contribution is -2.01. The predicted octanol–water partition coefficient (Wildman–Crippen LogP) is 3.25. The zero-order chi connectivity index (χ0) is 13.2. The summed E-state index contributed by atoms with van der Waals surface area (Å²) in [6.07, 6.45) is 4.27. The van der Waals surface area contributed by atoms with Crippen molar-refractivity contribution in [3.05, 3.63) is 34.2 Å². The molecule has 1 aromatic carbocycles. The molecule has 0 unspecified atom stereocenters. The Morgan fingerprint density at radius 2 is 1.89 bits per heavy atom. The average molecular weight is 260 g/mol. The van der Waals surface area contributed by atoms with Crippen LogP contribution in [0, 0.1) is 0 Å². The molecule has 0 spiro atoms. The van der Waals surface area contributed by atoms with Crippen LogP contribution >= 0.6 is 0 Å². The summed E-state index contributed by atoms with van der Waals surface area (Å²) in [5.41, 5.74) is 1.29. The third kappa shape index (κ3) is 2.30. The number of rotatable bonds is 4. The lowest BCUT2D eigenvalue weighted by atomic mass is 10.0. The number of aryl methyl sites for hydroxylation is 1. The van der Waals surface area contributed by atoms with Crippen molar-refractivity contribution in [3.8, 4) is 11.5 Å². The van der Waals surface area contributed by atoms with Gasteiger partial charge in [-0.15, -0.1) is 0 Å². The lowest BCUT2D eigenvalue weighted by molar-refractivity contribution is 0.174. The van der Waals surface area contributed by atoms with E-state index in [0.717, 1.165) is 42.4 Å². The van der Waals surface area contributed by atoms with E-state index in [2.05, 4.69) is 6.92 Å². The minimum atomic E-state index is -0.308. The van der Waals surface area contributed by atoms with Gasteiger partial charge < -0.3 is 13.9 Å². The van der Waals surface area contributed by atoms with Gasteiger partial charge in [0, 0.05) is 17.5 Å². The highest BCUT2D eigenvalue weighted by molar-refractivity contribution is 5.84. The zero-order valence-electron chi connectivity index (χ0n) is 10.9. The second kappa shape index (κ2) is 4.96. The third-order valence-electron chi connectivity index (χ3n) is 3.37. The smallest absolute Gasteiger partial charge is 0.336 e. The van der Waals surface area contributed by atoms with Gasteiger partial charge in [-0.2, -0.15) is 0 Å². The van der Waals surface area contributed by atoms with Crippen molar-refractivity contribution in [2.45, 2.75) is 32.6 Å². The van der Waals surface area contributed by atoms with E-state index in [9.17, 15) is 4.79 Å². The van der Waals surface area contributed by atoms with E-state index in [1.165, 1.54) is 0 Å². The van der Waals surface area contributed by atoms with Gasteiger partial charge in [0.25, 0.3) is 0 Å². The first-order valence-electron chi connectivity index (χ1n) is 6.64. The van der Waals surface area contributed by atoms with Gasteiger partial charge in [0.1, 0.15) is 5.58 Å². The van der Waals surface area contributed by atoms with Crippen LogP contribution in [0.1, 0.15) is 31.7 Å². The van der Waals surface area contributed by atoms with Gasteiger partial charge in [0.05, 0.1) is 0 Å². The quantitative estimate of drug-likeness (QED) is 0.625. The summed E-state index contributed by atoms with van der Waals surface area (Å²) < 4.78 is 15.9. The van der Waals surface area contributed by atoms with Crippen LogP contribution in [0.4, 0.5) is 0 Å². The number of unbranched alkanes of at least 4 members (excludes halogenated alkanes) is 2. The molecule has 4 nitrogen and oxygen atoms in total. The fraction of sp³-hybridized carbons (Fsp3) is 0.400. The first kappa shape index (κ1) is 12.1. The van der Waals surface area contributed by atoms with Gasteiger partial charge in [0.15, 0.2) is 11.5 Å². The minimum absolute atomic E-state index is 0.223. The van der Waals surface area contributed by atoms with Crippen molar-refractivity contribution >= 4 is 11.0 Å². The highest BCUT2D eigenvalue weighted by Gasteiger charge is 2.17. The Morgan fingerprint density at radius 3 is 2.68 bits per heavy atom. The van der Waals surface area contributed by atoms with Crippen LogP contribution in [0.3, 0.4) is 0 Å². The van der Waals surface area contributed by atoms with Gasteiger partial charge in [-0.05, 0) is 24.5 Å². The molecule has 1 aliphatic rings. The Balaban J connectivity index is 2.07. The molecule has 0 amide bonds. The fourth-order valence-electron chi connectivity index (χ4n) is 2.39. The Hall–Kier alpha value is -1.97. The van der Waals surface area contributed by atoms with E-state index < -0.39 is 0 Å². The molecule has 2 aromatic rings. The van der Waals surface area contributed by atoms with E-state index in [1.54, 1.807) is 12.1 Å². The summed E-state index contributed by atoms with van der Waals surface area (Å²) in [6, 6.07) is 5.23. The molecular weight excluding hydrogens is 244 g/mol. The number of benzene rings is 1. The van der Waals surface area contributed by atoms with E-state index in [-0.39, 0.29) is 12.4 Å². The summed E-state index contributed by atoms with van der Waals surface area (Å²) >= 11 is 0. The zero-order valence-corrected chi connectivity index (χ0v) is 10.9. The molecule has 2 heterocycles. The molecule has 0 fully saturated rings. The summed E-state index contributed by atoms with van der Waals surface area (Å²) in [5, 5.41) is 0.944. The number of fused-ring (bicyclic) bond motifs is 2. The third-order valence-corrected chi connectivity index (χ3v) is 3.37. The standard InChI is InChI=1S/C15H16O4/c1-2-3-4-5-10-6-15(16)19-12-8-14-13(7-11(10)12)17-9-18-14/h6-8H,2-5,9H2,1H3. The second-order valence-corrected chi connectivity index (χ2v) is 4.75. The van der Waals surface area contributed by atoms with E-state index in [0.29, 0.717) is 11.3 Å². The second-order valence-electron chi connectivity index (χ2n) is 4.75. The molecule has 4 heteroatoms. The molecular formula is C15H16O4. The lowest BCUT2D eigenvalue weighted by Gasteiger charge is -2.06. The molecule has 1 aliphatic heterocycles. The largest absolute Gasteiger partial charge is 0.454 e. The summed E-state index contributed by atoms with van der Waals surface area (Å²) in [5.74, 6) is 1.36.